The van der Waals surface area contributed by atoms with Crippen molar-refractivity contribution >= 4 is 11.5 Å². The van der Waals surface area contributed by atoms with E-state index < -0.39 is 0 Å². The Balaban J connectivity index is 1.77. The minimum Gasteiger partial charge on any atom is -0.497 e. The second-order valence-electron chi connectivity index (χ2n) is 5.50. The first-order valence-corrected chi connectivity index (χ1v) is 7.91. The third kappa shape index (κ3) is 3.98. The number of benzene rings is 2. The van der Waals surface area contributed by atoms with Crippen LogP contribution in [0.5, 0.6) is 17.4 Å². The lowest BCUT2D eigenvalue weighted by Crippen LogP contribution is -2.11. The van der Waals surface area contributed by atoms with E-state index in [1.807, 2.05) is 49.4 Å². The van der Waals surface area contributed by atoms with Gasteiger partial charge in [0.25, 0.3) is 0 Å². The first kappa shape index (κ1) is 16.6. The zero-order valence-corrected chi connectivity index (χ0v) is 14.1. The van der Waals surface area contributed by atoms with E-state index in [-0.39, 0.29) is 6.04 Å². The molecule has 1 unspecified atom stereocenters. The van der Waals surface area contributed by atoms with E-state index in [1.165, 1.54) is 6.33 Å². The minimum atomic E-state index is 0.0484. The second-order valence-corrected chi connectivity index (χ2v) is 5.50. The van der Waals surface area contributed by atoms with E-state index in [0.717, 1.165) is 11.3 Å². The number of aromatic nitrogens is 2. The third-order valence-electron chi connectivity index (χ3n) is 3.77. The van der Waals surface area contributed by atoms with E-state index in [0.29, 0.717) is 23.1 Å². The Morgan fingerprint density at radius 1 is 0.960 bits per heavy atom. The first-order chi connectivity index (χ1) is 12.2. The van der Waals surface area contributed by atoms with Crippen molar-refractivity contribution < 1.29 is 9.47 Å². The quantitative estimate of drug-likeness (QED) is 0.707. The normalized spacial score (nSPS) is 11.6. The number of hydrogen-bond acceptors (Lipinski definition) is 6. The molecule has 0 aliphatic rings. The average molecular weight is 336 g/mol. The Labute approximate surface area is 146 Å². The van der Waals surface area contributed by atoms with E-state index in [1.54, 1.807) is 19.2 Å². The fraction of sp³-hybridized carbons (Fsp3) is 0.158. The molecule has 0 bridgehead atoms. The van der Waals surface area contributed by atoms with Crippen LogP contribution in [-0.2, 0) is 0 Å². The molecule has 25 heavy (non-hydrogen) atoms. The number of methoxy groups -OCH3 is 1. The van der Waals surface area contributed by atoms with Crippen LogP contribution >= 0.6 is 0 Å². The van der Waals surface area contributed by atoms with E-state index in [9.17, 15) is 0 Å². The zero-order valence-electron chi connectivity index (χ0n) is 14.1. The number of nitrogens with two attached hydrogens (primary N) is 1. The summed E-state index contributed by atoms with van der Waals surface area (Å²) in [6.45, 7) is 2.04. The number of nitrogen functional groups attached to an aromatic ring is 1. The van der Waals surface area contributed by atoms with Gasteiger partial charge < -0.3 is 20.5 Å². The maximum Gasteiger partial charge on any atom is 0.248 e. The van der Waals surface area contributed by atoms with E-state index >= 15 is 0 Å². The highest BCUT2D eigenvalue weighted by Crippen LogP contribution is 2.31. The van der Waals surface area contributed by atoms with Crippen LogP contribution in [0.25, 0.3) is 0 Å². The van der Waals surface area contributed by atoms with Gasteiger partial charge in [-0.15, -0.1) is 0 Å². The molecule has 0 amide bonds. The summed E-state index contributed by atoms with van der Waals surface area (Å²) in [7, 11) is 1.62. The van der Waals surface area contributed by atoms with Crippen LogP contribution < -0.4 is 20.5 Å². The van der Waals surface area contributed by atoms with Crippen molar-refractivity contribution in [3.63, 3.8) is 0 Å². The summed E-state index contributed by atoms with van der Waals surface area (Å²) in [4.78, 5) is 8.35. The van der Waals surface area contributed by atoms with Gasteiger partial charge in [-0.25, -0.2) is 4.98 Å². The van der Waals surface area contributed by atoms with Crippen LogP contribution in [0.15, 0.2) is 60.9 Å². The van der Waals surface area contributed by atoms with Crippen LogP contribution in [0.1, 0.15) is 18.5 Å². The molecule has 6 nitrogen and oxygen atoms in total. The first-order valence-electron chi connectivity index (χ1n) is 7.91. The Kier molecular flexibility index (Phi) is 4.99. The second kappa shape index (κ2) is 7.53. The highest BCUT2D eigenvalue weighted by Gasteiger charge is 2.13. The predicted molar refractivity (Wildman–Crippen MR) is 98.0 cm³/mol. The number of nitrogens with zero attached hydrogens (tertiary/aromatic N) is 2. The predicted octanol–water partition coefficient (Wildman–Crippen LogP) is 4.03. The molecule has 3 aromatic rings. The largest absolute Gasteiger partial charge is 0.497 e. The summed E-state index contributed by atoms with van der Waals surface area (Å²) in [5, 5.41) is 3.29. The van der Waals surface area contributed by atoms with Crippen molar-refractivity contribution in [2.24, 2.45) is 0 Å². The van der Waals surface area contributed by atoms with Crippen molar-refractivity contribution in [1.82, 2.24) is 9.97 Å². The van der Waals surface area contributed by atoms with Crippen LogP contribution in [0.4, 0.5) is 11.5 Å². The average Bonchev–Trinajstić information content (AvgIpc) is 2.66. The lowest BCUT2D eigenvalue weighted by Gasteiger charge is -2.17. The van der Waals surface area contributed by atoms with Gasteiger partial charge in [0.1, 0.15) is 23.5 Å². The number of hydrogen-bond donors (Lipinski definition) is 2. The Morgan fingerprint density at radius 2 is 1.64 bits per heavy atom. The van der Waals surface area contributed by atoms with Crippen molar-refractivity contribution in [2.75, 3.05) is 18.2 Å². The minimum absolute atomic E-state index is 0.0484. The summed E-state index contributed by atoms with van der Waals surface area (Å²) in [6, 6.07) is 17.3. The van der Waals surface area contributed by atoms with Crippen molar-refractivity contribution in [3.8, 4) is 17.4 Å². The van der Waals surface area contributed by atoms with Gasteiger partial charge in [0.15, 0.2) is 5.82 Å². The van der Waals surface area contributed by atoms with Gasteiger partial charge in [-0.3, -0.25) is 0 Å². The molecular weight excluding hydrogens is 316 g/mol. The van der Waals surface area contributed by atoms with Crippen molar-refractivity contribution in [2.45, 2.75) is 13.0 Å². The molecule has 0 saturated heterocycles. The molecule has 0 radical (unpaired) electrons. The number of rotatable bonds is 6. The maximum absolute atomic E-state index is 6.18. The summed E-state index contributed by atoms with van der Waals surface area (Å²) < 4.78 is 10.9. The van der Waals surface area contributed by atoms with Crippen LogP contribution in [-0.4, -0.2) is 17.1 Å². The zero-order chi connectivity index (χ0) is 17.6. The molecule has 1 heterocycles. The monoisotopic (exact) mass is 336 g/mol. The SMILES string of the molecule is COc1ccc(Oc2ncnc(NC(C)c3ccccc3)c2N)cc1. The molecule has 0 saturated carbocycles. The van der Waals surface area contributed by atoms with Gasteiger partial charge in [-0.1, -0.05) is 30.3 Å². The van der Waals surface area contributed by atoms with Gasteiger partial charge in [0.2, 0.25) is 5.88 Å². The van der Waals surface area contributed by atoms with Crippen molar-refractivity contribution in [3.05, 3.63) is 66.5 Å². The maximum atomic E-state index is 6.18. The fourth-order valence-electron chi connectivity index (χ4n) is 2.36. The topological polar surface area (TPSA) is 82.3 Å². The molecule has 0 fully saturated rings. The summed E-state index contributed by atoms with van der Waals surface area (Å²) >= 11 is 0. The standard InChI is InChI=1S/C19H20N4O2/c1-13(14-6-4-3-5-7-14)23-18-17(20)19(22-12-21-18)25-16-10-8-15(24-2)9-11-16/h3-13H,20H2,1-2H3,(H,21,22,23). The lowest BCUT2D eigenvalue weighted by atomic mass is 10.1. The lowest BCUT2D eigenvalue weighted by molar-refractivity contribution is 0.412. The molecule has 6 heteroatoms. The highest BCUT2D eigenvalue weighted by molar-refractivity contribution is 5.67. The molecule has 0 aliphatic carbocycles. The van der Waals surface area contributed by atoms with Gasteiger partial charge in [0.05, 0.1) is 13.2 Å². The Bertz CT molecular complexity index is 823. The number of ether oxygens (including phenoxy) is 2. The molecule has 3 rings (SSSR count). The van der Waals surface area contributed by atoms with Crippen LogP contribution in [0.2, 0.25) is 0 Å². The van der Waals surface area contributed by atoms with Gasteiger partial charge in [-0.05, 0) is 36.8 Å². The van der Waals surface area contributed by atoms with Crippen molar-refractivity contribution in [1.29, 1.82) is 0 Å². The molecule has 128 valence electrons. The molecule has 3 N–H and O–H groups in total. The molecular formula is C19H20N4O2. The smallest absolute Gasteiger partial charge is 0.248 e. The van der Waals surface area contributed by atoms with Crippen LogP contribution in [0, 0.1) is 0 Å². The summed E-state index contributed by atoms with van der Waals surface area (Å²) in [5.74, 6) is 2.22. The van der Waals surface area contributed by atoms with Gasteiger partial charge in [0, 0.05) is 0 Å². The summed E-state index contributed by atoms with van der Waals surface area (Å²) in [6.07, 6.45) is 1.43. The Morgan fingerprint density at radius 3 is 2.32 bits per heavy atom. The highest BCUT2D eigenvalue weighted by atomic mass is 16.5. The molecule has 0 aliphatic heterocycles. The molecule has 2 aromatic carbocycles. The molecule has 1 atom stereocenters. The van der Waals surface area contributed by atoms with E-state index in [2.05, 4.69) is 15.3 Å². The third-order valence-corrected chi connectivity index (χ3v) is 3.77. The number of anilines is 2. The fourth-order valence-corrected chi connectivity index (χ4v) is 2.36. The van der Waals surface area contributed by atoms with Gasteiger partial charge in [-0.2, -0.15) is 4.98 Å². The van der Waals surface area contributed by atoms with Gasteiger partial charge >= 0.3 is 0 Å². The van der Waals surface area contributed by atoms with Crippen LogP contribution in [0.3, 0.4) is 0 Å². The number of nitrogens with one attached hydrogen (secondary N) is 1. The summed E-state index contributed by atoms with van der Waals surface area (Å²) in [5.41, 5.74) is 7.68. The Hall–Kier alpha value is -3.28. The van der Waals surface area contributed by atoms with E-state index in [4.69, 9.17) is 15.2 Å². The molecule has 0 spiro atoms. The molecule has 1 aromatic heterocycles.